The van der Waals surface area contributed by atoms with Crippen molar-refractivity contribution in [1.29, 1.82) is 0 Å². The molecule has 0 radical (unpaired) electrons. The van der Waals surface area contributed by atoms with Gasteiger partial charge in [-0.1, -0.05) is 25.3 Å². The number of hydrogen-bond acceptors (Lipinski definition) is 9. The molecule has 0 saturated carbocycles. The summed E-state index contributed by atoms with van der Waals surface area (Å²) in [5.74, 6) is 2.00. The van der Waals surface area contributed by atoms with Crippen LogP contribution in [-0.4, -0.2) is 77.1 Å². The summed E-state index contributed by atoms with van der Waals surface area (Å²) < 4.78 is 10.5. The predicted molar refractivity (Wildman–Crippen MR) is 210 cm³/mol. The fourth-order valence-electron chi connectivity index (χ4n) is 8.15. The summed E-state index contributed by atoms with van der Waals surface area (Å²) in [6, 6.07) is 17.6. The van der Waals surface area contributed by atoms with Crippen LogP contribution in [0.1, 0.15) is 43.5 Å². The number of nitrogen functional groups attached to an aromatic ring is 2. The number of aromatic nitrogens is 6. The molecule has 2 aromatic carbocycles. The Labute approximate surface area is 312 Å². The first-order chi connectivity index (χ1) is 26.2. The summed E-state index contributed by atoms with van der Waals surface area (Å²) >= 11 is 0. The summed E-state index contributed by atoms with van der Waals surface area (Å²) in [5.41, 5.74) is 19.1. The van der Waals surface area contributed by atoms with Gasteiger partial charge in [0.25, 0.3) is 0 Å². The molecule has 4 N–H and O–H groups in total. The average molecular weight is 723 g/mol. The second-order valence-corrected chi connectivity index (χ2v) is 13.9. The zero-order chi connectivity index (χ0) is 37.5. The number of hydrogen-bond donors (Lipinski definition) is 2. The molecule has 6 heterocycles. The normalized spacial score (nSPS) is 17.5. The van der Waals surface area contributed by atoms with Crippen molar-refractivity contribution in [3.05, 3.63) is 98.1 Å². The van der Waals surface area contributed by atoms with Gasteiger partial charge in [0, 0.05) is 49.2 Å². The van der Waals surface area contributed by atoms with E-state index in [9.17, 15) is 9.59 Å². The van der Waals surface area contributed by atoms with Crippen molar-refractivity contribution >= 4 is 45.4 Å². The van der Waals surface area contributed by atoms with Crippen molar-refractivity contribution in [3.8, 4) is 33.9 Å². The van der Waals surface area contributed by atoms with Crippen molar-refractivity contribution in [3.63, 3.8) is 0 Å². The predicted octanol–water partition coefficient (Wildman–Crippen LogP) is 6.47. The van der Waals surface area contributed by atoms with E-state index < -0.39 is 0 Å². The second-order valence-electron chi connectivity index (χ2n) is 13.9. The number of nitrogens with two attached hydrogens (primary N) is 2. The number of piperidine rings is 2. The minimum Gasteiger partial charge on any atom is -0.457 e. The fraction of sp³-hybridized carbons (Fsp3) is 0.268. The number of anilines is 2. The number of amides is 2. The quantitative estimate of drug-likeness (QED) is 0.168. The number of likely N-dealkylation sites (tertiary alicyclic amines) is 2. The van der Waals surface area contributed by atoms with Gasteiger partial charge in [-0.25, -0.2) is 15.0 Å². The van der Waals surface area contributed by atoms with Gasteiger partial charge in [-0.3, -0.25) is 14.3 Å². The molecule has 0 unspecified atom stereocenters. The van der Waals surface area contributed by atoms with Crippen LogP contribution in [0.15, 0.2) is 92.4 Å². The van der Waals surface area contributed by atoms with Crippen LogP contribution in [0.4, 0.5) is 11.6 Å². The van der Waals surface area contributed by atoms with E-state index in [-0.39, 0.29) is 23.9 Å². The highest BCUT2D eigenvalue weighted by Gasteiger charge is 2.30. The van der Waals surface area contributed by atoms with Gasteiger partial charge in [-0.05, 0) is 92.8 Å². The van der Waals surface area contributed by atoms with Gasteiger partial charge in [0.05, 0.1) is 28.4 Å². The fourth-order valence-corrected chi connectivity index (χ4v) is 8.15. The minimum absolute atomic E-state index is 0.00113. The van der Waals surface area contributed by atoms with Gasteiger partial charge in [-0.2, -0.15) is 5.10 Å². The molecule has 2 fully saturated rings. The maximum absolute atomic E-state index is 12.5. The molecule has 2 amide bonds. The van der Waals surface area contributed by atoms with E-state index >= 15 is 0 Å². The highest BCUT2D eigenvalue weighted by molar-refractivity contribution is 6.03. The molecule has 2 aliphatic rings. The number of fused-ring (bicyclic) bond motifs is 2. The summed E-state index contributed by atoms with van der Waals surface area (Å²) in [5, 5.41) is 6.62. The number of nitrogens with zero attached hydrogens (tertiary/aromatic N) is 8. The van der Waals surface area contributed by atoms with Gasteiger partial charge < -0.3 is 30.6 Å². The van der Waals surface area contributed by atoms with Crippen LogP contribution in [0.2, 0.25) is 0 Å². The first kappa shape index (κ1) is 34.6. The summed E-state index contributed by atoms with van der Waals surface area (Å²) in [6.07, 6.45) is 9.49. The van der Waals surface area contributed by atoms with E-state index in [0.29, 0.717) is 49.3 Å². The van der Waals surface area contributed by atoms with Crippen molar-refractivity contribution in [2.75, 3.05) is 37.6 Å². The first-order valence-corrected chi connectivity index (χ1v) is 18.2. The molecule has 2 atom stereocenters. The third kappa shape index (κ3) is 6.10. The zero-order valence-corrected chi connectivity index (χ0v) is 30.2. The smallest absolute Gasteiger partial charge is 0.246 e. The van der Waals surface area contributed by atoms with Crippen molar-refractivity contribution in [1.82, 2.24) is 39.1 Å². The average Bonchev–Trinajstić information content (AvgIpc) is 3.75. The highest BCUT2D eigenvalue weighted by Crippen LogP contribution is 2.41. The number of carbonyl (C=O) groups excluding carboxylic acids is 2. The third-order valence-electron chi connectivity index (χ3n) is 10.7. The van der Waals surface area contributed by atoms with E-state index in [1.807, 2.05) is 69.1 Å². The number of rotatable bonds is 8. The van der Waals surface area contributed by atoms with Gasteiger partial charge in [-0.15, -0.1) is 0 Å². The number of carbonyl (C=O) groups is 2. The lowest BCUT2D eigenvalue weighted by Gasteiger charge is -2.34. The minimum atomic E-state index is -0.0737. The molecular formula is C41H42N10O3. The van der Waals surface area contributed by atoms with Crippen molar-refractivity contribution in [2.45, 2.75) is 44.7 Å². The topological polar surface area (TPSA) is 163 Å². The molecule has 8 rings (SSSR count). The third-order valence-corrected chi connectivity index (χ3v) is 10.7. The van der Waals surface area contributed by atoms with Crippen LogP contribution >= 0.6 is 0 Å². The largest absolute Gasteiger partial charge is 0.457 e. The van der Waals surface area contributed by atoms with Gasteiger partial charge >= 0.3 is 0 Å². The molecule has 4 aromatic heterocycles. The van der Waals surface area contributed by atoms with Crippen LogP contribution in [0.25, 0.3) is 44.3 Å². The van der Waals surface area contributed by atoms with Crippen LogP contribution < -0.4 is 16.2 Å². The standard InChI is InChI=1S/C41H42N10O3/c1-4-33(52)48-20-6-8-28(22-48)50-25(3)35(37-40(43)45-24-46-41(37)50)26-10-14-30(15-11-26)54-31-16-12-27(13-17-31)38-36-32(18-19-44-39(36)42)51(47-38)29-9-7-21-49(23-29)34(53)5-2/h4-5,10-19,24,28-29H,1-2,6-9,20-23H2,3H3,(H2,42,44)(H2,43,45,46)/t28-,29-/m1/s1. The number of ether oxygens (including phenoxy) is 1. The zero-order valence-electron chi connectivity index (χ0n) is 30.2. The Morgan fingerprint density at radius 3 is 2.02 bits per heavy atom. The van der Waals surface area contributed by atoms with Gasteiger partial charge in [0.1, 0.15) is 40.8 Å². The van der Waals surface area contributed by atoms with Crippen molar-refractivity contribution < 1.29 is 14.3 Å². The molecule has 0 bridgehead atoms. The maximum atomic E-state index is 12.5. The Morgan fingerprint density at radius 1 is 0.778 bits per heavy atom. The van der Waals surface area contributed by atoms with E-state index in [2.05, 4.69) is 39.6 Å². The highest BCUT2D eigenvalue weighted by atomic mass is 16.5. The number of benzene rings is 2. The first-order valence-electron chi connectivity index (χ1n) is 18.2. The SMILES string of the molecule is C=CC(=O)N1CCC[C@@H](n2nc(-c3ccc(Oc4ccc(-c5c(C)n([C@@H]6CCCN(C(=O)C=C)C6)c6ncnc(N)c56)cc4)cc3)c3c(N)nccc32)C1. The molecule has 2 aliphatic heterocycles. The summed E-state index contributed by atoms with van der Waals surface area (Å²) in [6.45, 7) is 11.9. The Morgan fingerprint density at radius 2 is 1.37 bits per heavy atom. The maximum Gasteiger partial charge on any atom is 0.246 e. The molecule has 0 aliphatic carbocycles. The molecule has 6 aromatic rings. The molecule has 13 heteroatoms. The second kappa shape index (κ2) is 14.1. The molecule has 54 heavy (non-hydrogen) atoms. The Kier molecular flexibility index (Phi) is 9.06. The van der Waals surface area contributed by atoms with Gasteiger partial charge in [0.2, 0.25) is 11.8 Å². The lowest BCUT2D eigenvalue weighted by atomic mass is 10.0. The lowest BCUT2D eigenvalue weighted by molar-refractivity contribution is -0.128. The molecule has 274 valence electrons. The summed E-state index contributed by atoms with van der Waals surface area (Å²) in [7, 11) is 0. The molecule has 0 spiro atoms. The summed E-state index contributed by atoms with van der Waals surface area (Å²) in [4.78, 5) is 41.9. The monoisotopic (exact) mass is 722 g/mol. The van der Waals surface area contributed by atoms with Crippen LogP contribution in [-0.2, 0) is 9.59 Å². The molecule has 2 saturated heterocycles. The Balaban J connectivity index is 1.05. The van der Waals surface area contributed by atoms with E-state index in [1.165, 1.54) is 18.5 Å². The van der Waals surface area contributed by atoms with Crippen LogP contribution in [0, 0.1) is 6.92 Å². The Hall–Kier alpha value is -6.50. The van der Waals surface area contributed by atoms with Crippen LogP contribution in [0.3, 0.4) is 0 Å². The van der Waals surface area contributed by atoms with E-state index in [0.717, 1.165) is 75.7 Å². The number of pyridine rings is 1. The van der Waals surface area contributed by atoms with E-state index in [1.54, 1.807) is 6.20 Å². The Bertz CT molecular complexity index is 2410. The molecule has 13 nitrogen and oxygen atoms in total. The van der Waals surface area contributed by atoms with Gasteiger partial charge in [0.15, 0.2) is 0 Å². The van der Waals surface area contributed by atoms with Crippen LogP contribution in [0.5, 0.6) is 11.5 Å². The molecular weight excluding hydrogens is 681 g/mol. The van der Waals surface area contributed by atoms with Crippen molar-refractivity contribution in [2.24, 2.45) is 0 Å². The lowest BCUT2D eigenvalue weighted by Crippen LogP contribution is -2.40. The van der Waals surface area contributed by atoms with E-state index in [4.69, 9.17) is 21.3 Å².